The molecule has 98 valence electrons. The van der Waals surface area contributed by atoms with Gasteiger partial charge in [-0.25, -0.2) is 0 Å². The molecule has 0 radical (unpaired) electrons. The quantitative estimate of drug-likeness (QED) is 0.922. The summed E-state index contributed by atoms with van der Waals surface area (Å²) < 4.78 is 0. The number of thiophene rings is 1. The molecule has 0 spiro atoms. The highest BCUT2D eigenvalue weighted by molar-refractivity contribution is 7.10. The summed E-state index contributed by atoms with van der Waals surface area (Å²) in [7, 11) is 0. The lowest BCUT2D eigenvalue weighted by atomic mass is 10.1. The molecule has 1 aliphatic carbocycles. The van der Waals surface area contributed by atoms with Crippen molar-refractivity contribution in [1.29, 1.82) is 0 Å². The second kappa shape index (κ2) is 6.95. The molecule has 1 saturated heterocycles. The van der Waals surface area contributed by atoms with Crippen LogP contribution in [0.25, 0.3) is 0 Å². The summed E-state index contributed by atoms with van der Waals surface area (Å²) in [5.41, 5.74) is 0. The summed E-state index contributed by atoms with van der Waals surface area (Å²) >= 11 is 1.93. The first-order chi connectivity index (χ1) is 7.45. The van der Waals surface area contributed by atoms with Crippen LogP contribution in [0.5, 0.6) is 0 Å². The lowest BCUT2D eigenvalue weighted by Crippen LogP contribution is -2.45. The van der Waals surface area contributed by atoms with Gasteiger partial charge in [0.2, 0.25) is 0 Å². The molecule has 1 N–H and O–H groups in total. The first-order valence-corrected chi connectivity index (χ1v) is 6.81. The Hall–Kier alpha value is 0.200. The number of hydrogen-bond donors (Lipinski definition) is 1. The molecule has 1 aromatic heterocycles. The van der Waals surface area contributed by atoms with Crippen molar-refractivity contribution in [3.8, 4) is 0 Å². The first-order valence-electron chi connectivity index (χ1n) is 5.93. The molecule has 2 aliphatic rings. The van der Waals surface area contributed by atoms with Crippen LogP contribution in [0.15, 0.2) is 17.5 Å². The highest BCUT2D eigenvalue weighted by Gasteiger charge is 2.37. The van der Waals surface area contributed by atoms with Crippen LogP contribution >= 0.6 is 36.2 Å². The van der Waals surface area contributed by atoms with Crippen LogP contribution in [0.2, 0.25) is 0 Å². The Kier molecular flexibility index (Phi) is 6.24. The zero-order valence-electron chi connectivity index (χ0n) is 9.80. The first kappa shape index (κ1) is 15.3. The molecule has 17 heavy (non-hydrogen) atoms. The lowest BCUT2D eigenvalue weighted by Gasteiger charge is -2.34. The highest BCUT2D eigenvalue weighted by Crippen LogP contribution is 2.45. The van der Waals surface area contributed by atoms with Crippen molar-refractivity contribution in [2.75, 3.05) is 26.2 Å². The van der Waals surface area contributed by atoms with Gasteiger partial charge in [0.15, 0.2) is 0 Å². The predicted molar refractivity (Wildman–Crippen MR) is 78.7 cm³/mol. The van der Waals surface area contributed by atoms with Crippen molar-refractivity contribution in [2.45, 2.75) is 18.9 Å². The standard InChI is InChI=1S/C12H18N2S.2ClH/c1-2-11(15-9-1)12(10-3-4-10)14-7-5-13-6-8-14;;/h1-2,9-10,12-13H,3-8H2;2*1H/t12-;;/m1../s1. The van der Waals surface area contributed by atoms with Crippen LogP contribution < -0.4 is 5.32 Å². The van der Waals surface area contributed by atoms with E-state index in [4.69, 9.17) is 0 Å². The van der Waals surface area contributed by atoms with Gasteiger partial charge in [-0.15, -0.1) is 36.2 Å². The maximum Gasteiger partial charge on any atom is 0.0470 e. The highest BCUT2D eigenvalue weighted by atomic mass is 35.5. The van der Waals surface area contributed by atoms with Crippen molar-refractivity contribution in [3.05, 3.63) is 22.4 Å². The topological polar surface area (TPSA) is 15.3 Å². The van der Waals surface area contributed by atoms with Gasteiger partial charge in [-0.05, 0) is 30.2 Å². The van der Waals surface area contributed by atoms with Gasteiger partial charge in [-0.2, -0.15) is 0 Å². The minimum Gasteiger partial charge on any atom is -0.314 e. The molecule has 1 aromatic rings. The van der Waals surface area contributed by atoms with Crippen molar-refractivity contribution >= 4 is 36.2 Å². The van der Waals surface area contributed by atoms with E-state index in [1.54, 1.807) is 4.88 Å². The van der Waals surface area contributed by atoms with Crippen LogP contribution in [-0.2, 0) is 0 Å². The van der Waals surface area contributed by atoms with Crippen LogP contribution in [0.3, 0.4) is 0 Å². The summed E-state index contributed by atoms with van der Waals surface area (Å²) in [6.07, 6.45) is 2.87. The van der Waals surface area contributed by atoms with Gasteiger partial charge in [0, 0.05) is 37.1 Å². The van der Waals surface area contributed by atoms with Gasteiger partial charge in [0.05, 0.1) is 0 Å². The molecule has 0 aromatic carbocycles. The van der Waals surface area contributed by atoms with Crippen molar-refractivity contribution in [3.63, 3.8) is 0 Å². The molecule has 2 fully saturated rings. The number of nitrogens with one attached hydrogen (secondary N) is 1. The Bertz CT molecular complexity index is 308. The van der Waals surface area contributed by atoms with Gasteiger partial charge in [-0.3, -0.25) is 4.90 Å². The average molecular weight is 295 g/mol. The number of rotatable bonds is 3. The third-order valence-electron chi connectivity index (χ3n) is 3.45. The molecule has 0 unspecified atom stereocenters. The summed E-state index contributed by atoms with van der Waals surface area (Å²) in [4.78, 5) is 4.26. The lowest BCUT2D eigenvalue weighted by molar-refractivity contribution is 0.159. The Morgan fingerprint density at radius 3 is 2.47 bits per heavy atom. The van der Waals surface area contributed by atoms with E-state index in [0.717, 1.165) is 25.0 Å². The van der Waals surface area contributed by atoms with Gasteiger partial charge >= 0.3 is 0 Å². The maximum atomic E-state index is 3.44. The molecule has 1 atom stereocenters. The van der Waals surface area contributed by atoms with E-state index in [1.807, 2.05) is 11.3 Å². The van der Waals surface area contributed by atoms with Crippen LogP contribution in [0.1, 0.15) is 23.8 Å². The Labute approximate surface area is 120 Å². The van der Waals surface area contributed by atoms with E-state index in [1.165, 1.54) is 25.9 Å². The molecule has 3 rings (SSSR count). The molecule has 2 heterocycles. The summed E-state index contributed by atoms with van der Waals surface area (Å²) in [6.45, 7) is 4.77. The molecule has 0 amide bonds. The smallest absolute Gasteiger partial charge is 0.0470 e. The number of nitrogens with zero attached hydrogens (tertiary/aromatic N) is 1. The van der Waals surface area contributed by atoms with Crippen LogP contribution in [0, 0.1) is 5.92 Å². The average Bonchev–Trinajstić information content (AvgIpc) is 2.96. The fourth-order valence-corrected chi connectivity index (χ4v) is 3.49. The second-order valence-electron chi connectivity index (χ2n) is 4.58. The van der Waals surface area contributed by atoms with E-state index >= 15 is 0 Å². The number of piperazine rings is 1. The number of halogens is 2. The largest absolute Gasteiger partial charge is 0.314 e. The molecule has 2 nitrogen and oxygen atoms in total. The molecule has 1 saturated carbocycles. The summed E-state index contributed by atoms with van der Waals surface area (Å²) in [5, 5.41) is 5.65. The van der Waals surface area contributed by atoms with E-state index in [-0.39, 0.29) is 24.8 Å². The van der Waals surface area contributed by atoms with Gasteiger partial charge in [0.25, 0.3) is 0 Å². The van der Waals surface area contributed by atoms with Crippen molar-refractivity contribution < 1.29 is 0 Å². The van der Waals surface area contributed by atoms with E-state index < -0.39 is 0 Å². The zero-order valence-corrected chi connectivity index (χ0v) is 12.3. The van der Waals surface area contributed by atoms with Gasteiger partial charge in [-0.1, -0.05) is 6.07 Å². The molecule has 5 heteroatoms. The Morgan fingerprint density at radius 1 is 1.24 bits per heavy atom. The van der Waals surface area contributed by atoms with Gasteiger partial charge < -0.3 is 5.32 Å². The van der Waals surface area contributed by atoms with Crippen molar-refractivity contribution in [2.24, 2.45) is 5.92 Å². The molecule has 0 bridgehead atoms. The summed E-state index contributed by atoms with van der Waals surface area (Å²) in [5.74, 6) is 0.946. The maximum absolute atomic E-state index is 3.44. The minimum absolute atomic E-state index is 0. The fourth-order valence-electron chi connectivity index (χ4n) is 2.54. The van der Waals surface area contributed by atoms with E-state index in [0.29, 0.717) is 0 Å². The van der Waals surface area contributed by atoms with E-state index in [2.05, 4.69) is 27.7 Å². The Morgan fingerprint density at radius 2 is 1.94 bits per heavy atom. The van der Waals surface area contributed by atoms with E-state index in [9.17, 15) is 0 Å². The monoisotopic (exact) mass is 294 g/mol. The zero-order chi connectivity index (χ0) is 10.1. The van der Waals surface area contributed by atoms with Crippen LogP contribution in [0.4, 0.5) is 0 Å². The predicted octanol–water partition coefficient (Wildman–Crippen LogP) is 2.95. The molecular formula is C12H20Cl2N2S. The Balaban J connectivity index is 0.000000722. The second-order valence-corrected chi connectivity index (χ2v) is 5.56. The number of hydrogen-bond acceptors (Lipinski definition) is 3. The third-order valence-corrected chi connectivity index (χ3v) is 4.39. The minimum atomic E-state index is 0. The molecular weight excluding hydrogens is 275 g/mol. The van der Waals surface area contributed by atoms with Crippen molar-refractivity contribution in [1.82, 2.24) is 10.2 Å². The fraction of sp³-hybridized carbons (Fsp3) is 0.667. The normalized spacial score (nSPS) is 22.4. The molecule has 1 aliphatic heterocycles. The SMILES string of the molecule is Cl.Cl.c1csc([C@@H](C2CC2)N2CCNCC2)c1. The summed E-state index contributed by atoms with van der Waals surface area (Å²) in [6, 6.07) is 5.24. The van der Waals surface area contributed by atoms with Gasteiger partial charge in [0.1, 0.15) is 0 Å². The van der Waals surface area contributed by atoms with Crippen LogP contribution in [-0.4, -0.2) is 31.1 Å². The third kappa shape index (κ3) is 3.58.